The summed E-state index contributed by atoms with van der Waals surface area (Å²) in [6, 6.07) is 0. The average Bonchev–Trinajstić information content (AvgIpc) is 3.13. The molecule has 17 nitrogen and oxygen atoms in total. The Hall–Kier alpha value is -2.40. The molecule has 0 aromatic carbocycles. The van der Waals surface area contributed by atoms with Crippen LogP contribution >= 0.6 is 15.6 Å². The Bertz CT molecular complexity index is 989. The molecule has 2 aliphatic rings. The molecule has 2 aliphatic heterocycles. The number of hydrogen-bond donors (Lipinski definition) is 8. The summed E-state index contributed by atoms with van der Waals surface area (Å²) in [6.07, 6.45) is 9.19. The number of nitrogens with zero attached hydrogens (tertiary/aromatic N) is 2. The van der Waals surface area contributed by atoms with Crippen molar-refractivity contribution >= 4 is 15.6 Å². The lowest BCUT2D eigenvalue weighted by atomic mass is 10.1. The third-order valence-corrected chi connectivity index (χ3v) is 6.25. The fourth-order valence-corrected chi connectivity index (χ4v) is 4.11. The van der Waals surface area contributed by atoms with Gasteiger partial charge in [0.15, 0.2) is 0 Å². The first-order valence-corrected chi connectivity index (χ1v) is 12.2. The standard InChI is InChI=1S/C16H24N4O10P2.3H3N/c1-12(8-9-28-32(26,27)30-31(23,24)25)4-3-5-13(2)10-17-14-6-7-16(20(21)22)19-15(14)11-18-29-19;;;/h5-8,11,17-18H,3-4,9-10H2,1-2H3,(H,26,27)(H2,23,24,25);3*1H3. The number of allylic oxidation sites excluding steroid dienone is 4. The lowest BCUT2D eigenvalue weighted by Crippen LogP contribution is -2.31. The Morgan fingerprint density at radius 2 is 1.86 bits per heavy atom. The van der Waals surface area contributed by atoms with E-state index < -0.39 is 20.6 Å². The summed E-state index contributed by atoms with van der Waals surface area (Å²) in [6.45, 7) is 3.82. The molecule has 0 bridgehead atoms. The molecule has 0 amide bonds. The van der Waals surface area contributed by atoms with Crippen LogP contribution in [0.2, 0.25) is 0 Å². The molecule has 0 aromatic rings. The second-order valence-electron chi connectivity index (χ2n) is 6.73. The van der Waals surface area contributed by atoms with Gasteiger partial charge in [-0.25, -0.2) is 14.6 Å². The first-order chi connectivity index (χ1) is 14.9. The van der Waals surface area contributed by atoms with Gasteiger partial charge in [0.05, 0.1) is 18.5 Å². The normalized spacial score (nSPS) is 17.2. The molecule has 2 rings (SSSR count). The van der Waals surface area contributed by atoms with Gasteiger partial charge in [-0.3, -0.25) is 4.52 Å². The number of phosphoric ester groups is 1. The summed E-state index contributed by atoms with van der Waals surface area (Å²) in [7, 11) is -9.98. The van der Waals surface area contributed by atoms with Crippen LogP contribution in [0.3, 0.4) is 0 Å². The van der Waals surface area contributed by atoms with E-state index >= 15 is 0 Å². The molecule has 0 aromatic heterocycles. The van der Waals surface area contributed by atoms with Gasteiger partial charge in [-0.1, -0.05) is 28.2 Å². The molecule has 0 saturated carbocycles. The molecule has 0 radical (unpaired) electrons. The van der Waals surface area contributed by atoms with Gasteiger partial charge in [-0.05, 0) is 42.8 Å². The molecule has 0 fully saturated rings. The molecular weight excluding hydrogens is 512 g/mol. The van der Waals surface area contributed by atoms with E-state index in [0.717, 1.165) is 16.2 Å². The van der Waals surface area contributed by atoms with Crippen LogP contribution in [-0.2, 0) is 22.9 Å². The molecule has 19 heteroatoms. The highest BCUT2D eigenvalue weighted by molar-refractivity contribution is 7.60. The first kappa shape index (κ1) is 34.8. The molecule has 0 saturated heterocycles. The summed E-state index contributed by atoms with van der Waals surface area (Å²) >= 11 is 0. The van der Waals surface area contributed by atoms with Crippen molar-refractivity contribution in [3.63, 3.8) is 0 Å². The second-order valence-corrected chi connectivity index (χ2v) is 9.55. The number of hydrogen-bond acceptors (Lipinski definition) is 13. The SMILES string of the molecule is CC(=CCOP(=O)(O)OP(=O)(O)O)CCC=C(C)CNC1=CC=C([N+](=O)[O-])N2ONC=C12.N.N.N. The van der Waals surface area contributed by atoms with Crippen LogP contribution in [-0.4, -0.2) is 37.8 Å². The highest BCUT2D eigenvalue weighted by atomic mass is 31.3. The van der Waals surface area contributed by atoms with E-state index in [4.69, 9.17) is 14.7 Å². The van der Waals surface area contributed by atoms with Gasteiger partial charge in [0.1, 0.15) is 0 Å². The largest absolute Gasteiger partial charge is 0.481 e. The predicted molar refractivity (Wildman–Crippen MR) is 126 cm³/mol. The molecular formula is C16H33N7O10P2. The third kappa shape index (κ3) is 11.7. The van der Waals surface area contributed by atoms with Crippen molar-refractivity contribution in [1.29, 1.82) is 0 Å². The van der Waals surface area contributed by atoms with Crippen molar-refractivity contribution in [2.45, 2.75) is 26.7 Å². The van der Waals surface area contributed by atoms with Crippen molar-refractivity contribution in [3.8, 4) is 0 Å². The number of hydroxylamine groups is 3. The molecule has 202 valence electrons. The predicted octanol–water partition coefficient (Wildman–Crippen LogP) is 2.57. The number of nitrogens with one attached hydrogen (secondary N) is 2. The summed E-state index contributed by atoms with van der Waals surface area (Å²) in [5.74, 6) is -0.212. The van der Waals surface area contributed by atoms with Crippen molar-refractivity contribution in [1.82, 2.24) is 34.3 Å². The molecule has 14 N–H and O–H groups in total. The van der Waals surface area contributed by atoms with Crippen molar-refractivity contribution in [2.75, 3.05) is 13.2 Å². The number of rotatable bonds is 12. The van der Waals surface area contributed by atoms with Gasteiger partial charge in [-0.15, -0.1) is 0 Å². The monoisotopic (exact) mass is 545 g/mol. The first-order valence-electron chi connectivity index (χ1n) is 9.17. The summed E-state index contributed by atoms with van der Waals surface area (Å²) < 4.78 is 30.1. The van der Waals surface area contributed by atoms with Crippen LogP contribution in [0.25, 0.3) is 0 Å². The van der Waals surface area contributed by atoms with Crippen LogP contribution in [0.5, 0.6) is 0 Å². The Balaban J connectivity index is 0. The summed E-state index contributed by atoms with van der Waals surface area (Å²) in [5, 5.41) is 15.3. The number of nitro groups is 1. The van der Waals surface area contributed by atoms with Crippen LogP contribution < -0.4 is 29.2 Å². The topological polar surface area (TPSA) is 298 Å². The van der Waals surface area contributed by atoms with E-state index in [1.807, 2.05) is 13.0 Å². The zero-order valence-electron chi connectivity index (χ0n) is 19.3. The summed E-state index contributed by atoms with van der Waals surface area (Å²) in [5.41, 5.74) is 5.45. The second kappa shape index (κ2) is 14.9. The minimum absolute atomic E-state index is 0. The van der Waals surface area contributed by atoms with E-state index in [1.54, 1.807) is 13.0 Å². The smallest absolute Gasteiger partial charge is 0.378 e. The Morgan fingerprint density at radius 1 is 1.20 bits per heavy atom. The average molecular weight is 545 g/mol. The van der Waals surface area contributed by atoms with E-state index in [9.17, 15) is 24.1 Å². The minimum Gasteiger partial charge on any atom is -0.378 e. The van der Waals surface area contributed by atoms with Crippen molar-refractivity contribution in [2.24, 2.45) is 0 Å². The van der Waals surface area contributed by atoms with E-state index in [0.29, 0.717) is 30.8 Å². The van der Waals surface area contributed by atoms with Crippen LogP contribution in [0.15, 0.2) is 58.9 Å². The lowest BCUT2D eigenvalue weighted by Gasteiger charge is -2.18. The maximum absolute atomic E-state index is 11.4. The van der Waals surface area contributed by atoms with Gasteiger partial charge in [0.2, 0.25) is 5.70 Å². The molecule has 1 unspecified atom stereocenters. The maximum atomic E-state index is 11.4. The van der Waals surface area contributed by atoms with Crippen LogP contribution in [0.1, 0.15) is 26.7 Å². The van der Waals surface area contributed by atoms with Crippen molar-refractivity contribution < 1.29 is 42.5 Å². The molecule has 0 spiro atoms. The maximum Gasteiger partial charge on any atom is 0.481 e. The van der Waals surface area contributed by atoms with E-state index in [1.165, 1.54) is 18.4 Å². The highest BCUT2D eigenvalue weighted by Crippen LogP contribution is 2.57. The van der Waals surface area contributed by atoms with Gasteiger partial charge in [0.25, 0.3) is 0 Å². The van der Waals surface area contributed by atoms with Crippen molar-refractivity contribution in [3.05, 3.63) is 69.0 Å². The summed E-state index contributed by atoms with van der Waals surface area (Å²) in [4.78, 5) is 41.8. The van der Waals surface area contributed by atoms with E-state index in [-0.39, 0.29) is 30.9 Å². The number of phosphoric acid groups is 2. The lowest BCUT2D eigenvalue weighted by molar-refractivity contribution is -0.465. The molecule has 0 aliphatic carbocycles. The van der Waals surface area contributed by atoms with E-state index in [2.05, 4.69) is 19.6 Å². The third-order valence-electron chi connectivity index (χ3n) is 4.10. The zero-order chi connectivity index (χ0) is 23.9. The van der Waals surface area contributed by atoms with Gasteiger partial charge in [0, 0.05) is 12.6 Å². The quantitative estimate of drug-likeness (QED) is 0.0755. The highest BCUT2D eigenvalue weighted by Gasteiger charge is 2.37. The molecule has 35 heavy (non-hydrogen) atoms. The molecule has 1 atom stereocenters. The Labute approximate surface area is 201 Å². The van der Waals surface area contributed by atoms with Crippen LogP contribution in [0, 0.1) is 10.1 Å². The van der Waals surface area contributed by atoms with Gasteiger partial charge in [-0.2, -0.15) is 4.31 Å². The minimum atomic E-state index is -5.14. The van der Waals surface area contributed by atoms with Crippen LogP contribution in [0.4, 0.5) is 0 Å². The zero-order valence-corrected chi connectivity index (χ0v) is 21.1. The Kier molecular flexibility index (Phi) is 14.8. The molecule has 2 heterocycles. The Morgan fingerprint density at radius 3 is 2.46 bits per heavy atom. The van der Waals surface area contributed by atoms with Gasteiger partial charge < -0.3 is 48.6 Å². The fourth-order valence-electron chi connectivity index (χ4n) is 2.58. The fraction of sp³-hybridized carbons (Fsp3) is 0.375. The van der Waals surface area contributed by atoms with Gasteiger partial charge >= 0.3 is 21.5 Å². The number of fused-ring (bicyclic) bond motifs is 1.